The Hall–Kier alpha value is -2.39. The number of nitrogens with one attached hydrogen (secondary N) is 1. The van der Waals surface area contributed by atoms with Crippen LogP contribution in [-0.2, 0) is 0 Å². The average Bonchev–Trinajstić information content (AvgIpc) is 3.18. The summed E-state index contributed by atoms with van der Waals surface area (Å²) in [5, 5.41) is 25.4. The van der Waals surface area contributed by atoms with E-state index in [0.29, 0.717) is 17.2 Å². The van der Waals surface area contributed by atoms with E-state index in [2.05, 4.69) is 11.4 Å². The lowest BCUT2D eigenvalue weighted by molar-refractivity contribution is -0.384. The normalized spacial score (nSPS) is 15.2. The number of anilines is 1. The molecule has 1 aliphatic rings. The number of thiophene rings is 1. The summed E-state index contributed by atoms with van der Waals surface area (Å²) in [4.78, 5) is 12.0. The van der Waals surface area contributed by atoms with Crippen molar-refractivity contribution in [3.8, 4) is 6.07 Å². The number of benzene rings is 1. The molecule has 6 heteroatoms. The highest BCUT2D eigenvalue weighted by molar-refractivity contribution is 7.10. The predicted molar refractivity (Wildman–Crippen MR) is 81.2 cm³/mol. The molecular weight excluding hydrogens is 286 g/mol. The molecule has 1 heterocycles. The van der Waals surface area contributed by atoms with Gasteiger partial charge in [-0.3, -0.25) is 10.1 Å². The molecule has 0 saturated heterocycles. The summed E-state index contributed by atoms with van der Waals surface area (Å²) in [6.45, 7) is 0. The van der Waals surface area contributed by atoms with E-state index in [-0.39, 0.29) is 11.7 Å². The van der Waals surface area contributed by atoms with Gasteiger partial charge in [0.05, 0.1) is 22.6 Å². The second kappa shape index (κ2) is 5.54. The van der Waals surface area contributed by atoms with E-state index in [9.17, 15) is 10.1 Å². The zero-order valence-corrected chi connectivity index (χ0v) is 12.0. The van der Waals surface area contributed by atoms with Crippen molar-refractivity contribution in [1.82, 2.24) is 0 Å². The second-order valence-corrected chi connectivity index (χ2v) is 6.05. The molecule has 2 aromatic rings. The Morgan fingerprint density at radius 1 is 1.43 bits per heavy atom. The molecule has 5 nitrogen and oxygen atoms in total. The van der Waals surface area contributed by atoms with Crippen LogP contribution in [0.25, 0.3) is 0 Å². The van der Waals surface area contributed by atoms with Gasteiger partial charge in [0.15, 0.2) is 0 Å². The second-order valence-electron chi connectivity index (χ2n) is 5.08. The topological polar surface area (TPSA) is 79.0 Å². The standard InChI is InChI=1S/C15H13N3O2S/c16-9-10-3-6-12(13(8-10)18(19)20)17-15(11-4-5-11)14-2-1-7-21-14/h1-3,6-8,11,15,17H,4-5H2. The van der Waals surface area contributed by atoms with E-state index < -0.39 is 4.92 Å². The van der Waals surface area contributed by atoms with E-state index in [4.69, 9.17) is 5.26 Å². The summed E-state index contributed by atoms with van der Waals surface area (Å²) in [6.07, 6.45) is 2.28. The maximum atomic E-state index is 11.2. The molecule has 0 bridgehead atoms. The van der Waals surface area contributed by atoms with Crippen LogP contribution in [0.15, 0.2) is 35.7 Å². The van der Waals surface area contributed by atoms with Crippen molar-refractivity contribution in [2.75, 3.05) is 5.32 Å². The molecule has 3 rings (SSSR count). The molecule has 106 valence electrons. The van der Waals surface area contributed by atoms with Gasteiger partial charge in [-0.2, -0.15) is 5.26 Å². The minimum atomic E-state index is -0.443. The minimum Gasteiger partial charge on any atom is -0.372 e. The fourth-order valence-electron chi connectivity index (χ4n) is 2.36. The van der Waals surface area contributed by atoms with Crippen LogP contribution in [0.4, 0.5) is 11.4 Å². The smallest absolute Gasteiger partial charge is 0.293 e. The van der Waals surface area contributed by atoms with Gasteiger partial charge in [-0.15, -0.1) is 11.3 Å². The van der Waals surface area contributed by atoms with Crippen molar-refractivity contribution in [1.29, 1.82) is 5.26 Å². The van der Waals surface area contributed by atoms with Gasteiger partial charge in [0.2, 0.25) is 0 Å². The van der Waals surface area contributed by atoms with E-state index in [1.54, 1.807) is 23.5 Å². The number of nitrogens with zero attached hydrogens (tertiary/aromatic N) is 2. The zero-order chi connectivity index (χ0) is 14.8. The van der Waals surface area contributed by atoms with Crippen LogP contribution >= 0.6 is 11.3 Å². The van der Waals surface area contributed by atoms with Gasteiger partial charge in [0.25, 0.3) is 5.69 Å². The van der Waals surface area contributed by atoms with Gasteiger partial charge in [0.1, 0.15) is 5.69 Å². The fraction of sp³-hybridized carbons (Fsp3) is 0.267. The van der Waals surface area contributed by atoms with Gasteiger partial charge in [-0.05, 0) is 42.3 Å². The molecule has 1 aliphatic carbocycles. The average molecular weight is 299 g/mol. The number of hydrogen-bond donors (Lipinski definition) is 1. The Morgan fingerprint density at radius 3 is 2.81 bits per heavy atom. The monoisotopic (exact) mass is 299 g/mol. The first-order chi connectivity index (χ1) is 10.2. The molecule has 1 saturated carbocycles. The summed E-state index contributed by atoms with van der Waals surface area (Å²) < 4.78 is 0. The molecule has 0 amide bonds. The van der Waals surface area contributed by atoms with Gasteiger partial charge in [-0.1, -0.05) is 6.07 Å². The lowest BCUT2D eigenvalue weighted by atomic mass is 10.1. The molecule has 1 N–H and O–H groups in total. The Bertz CT molecular complexity index is 702. The van der Waals surface area contributed by atoms with Crippen molar-refractivity contribution in [3.63, 3.8) is 0 Å². The third-order valence-corrected chi connectivity index (χ3v) is 4.53. The van der Waals surface area contributed by atoms with Crippen LogP contribution in [0.3, 0.4) is 0 Å². The molecule has 21 heavy (non-hydrogen) atoms. The van der Waals surface area contributed by atoms with E-state index in [1.165, 1.54) is 10.9 Å². The number of rotatable bonds is 5. The van der Waals surface area contributed by atoms with E-state index >= 15 is 0 Å². The van der Waals surface area contributed by atoms with Crippen LogP contribution in [-0.4, -0.2) is 4.92 Å². The van der Waals surface area contributed by atoms with Crippen LogP contribution in [0, 0.1) is 27.4 Å². The number of nitriles is 1. The molecular formula is C15H13N3O2S. The lowest BCUT2D eigenvalue weighted by Gasteiger charge is -2.18. The lowest BCUT2D eigenvalue weighted by Crippen LogP contribution is -2.12. The highest BCUT2D eigenvalue weighted by atomic mass is 32.1. The number of nitro groups is 1. The van der Waals surface area contributed by atoms with Gasteiger partial charge >= 0.3 is 0 Å². The first-order valence-corrected chi connectivity index (χ1v) is 7.55. The van der Waals surface area contributed by atoms with Crippen molar-refractivity contribution in [2.45, 2.75) is 18.9 Å². The van der Waals surface area contributed by atoms with Crippen molar-refractivity contribution < 1.29 is 4.92 Å². The summed E-state index contributed by atoms with van der Waals surface area (Å²) in [7, 11) is 0. The number of nitro benzene ring substituents is 1. The van der Waals surface area contributed by atoms with Crippen molar-refractivity contribution >= 4 is 22.7 Å². The van der Waals surface area contributed by atoms with Crippen LogP contribution in [0.2, 0.25) is 0 Å². The molecule has 0 radical (unpaired) electrons. The predicted octanol–water partition coefficient (Wildman–Crippen LogP) is 4.09. The SMILES string of the molecule is N#Cc1ccc(NC(c2cccs2)C2CC2)c([N+](=O)[O-])c1. The highest BCUT2D eigenvalue weighted by Crippen LogP contribution is 2.45. The largest absolute Gasteiger partial charge is 0.372 e. The first kappa shape index (κ1) is 13.6. The number of hydrogen-bond acceptors (Lipinski definition) is 5. The van der Waals surface area contributed by atoms with E-state index in [0.717, 1.165) is 12.8 Å². The van der Waals surface area contributed by atoms with Crippen LogP contribution < -0.4 is 5.32 Å². The van der Waals surface area contributed by atoms with Crippen LogP contribution in [0.5, 0.6) is 0 Å². The Labute approximate surface area is 126 Å². The quantitative estimate of drug-likeness (QED) is 0.666. The third-order valence-electron chi connectivity index (χ3n) is 3.58. The molecule has 1 unspecified atom stereocenters. The molecule has 1 atom stereocenters. The molecule has 1 aromatic heterocycles. The molecule has 1 aromatic carbocycles. The summed E-state index contributed by atoms with van der Waals surface area (Å²) in [5.74, 6) is 0.527. The zero-order valence-electron chi connectivity index (χ0n) is 11.2. The summed E-state index contributed by atoms with van der Waals surface area (Å²) in [5.41, 5.74) is 0.729. The molecule has 0 aliphatic heterocycles. The van der Waals surface area contributed by atoms with Gasteiger partial charge < -0.3 is 5.32 Å². The van der Waals surface area contributed by atoms with Crippen molar-refractivity contribution in [3.05, 3.63) is 56.3 Å². The Balaban J connectivity index is 1.93. The van der Waals surface area contributed by atoms with Gasteiger partial charge in [-0.25, -0.2) is 0 Å². The highest BCUT2D eigenvalue weighted by Gasteiger charge is 2.34. The minimum absolute atomic E-state index is 0.0451. The summed E-state index contributed by atoms with van der Waals surface area (Å²) >= 11 is 1.66. The Morgan fingerprint density at radius 2 is 2.24 bits per heavy atom. The van der Waals surface area contributed by atoms with Crippen molar-refractivity contribution in [2.24, 2.45) is 5.92 Å². The van der Waals surface area contributed by atoms with E-state index in [1.807, 2.05) is 17.5 Å². The maximum absolute atomic E-state index is 11.2. The maximum Gasteiger partial charge on any atom is 0.293 e. The fourth-order valence-corrected chi connectivity index (χ4v) is 3.23. The summed E-state index contributed by atoms with van der Waals surface area (Å²) in [6, 6.07) is 10.6. The Kier molecular flexibility index (Phi) is 3.59. The first-order valence-electron chi connectivity index (χ1n) is 6.67. The molecule has 1 fully saturated rings. The molecule has 0 spiro atoms. The van der Waals surface area contributed by atoms with Crippen LogP contribution in [0.1, 0.15) is 29.3 Å². The van der Waals surface area contributed by atoms with Gasteiger partial charge in [0, 0.05) is 10.9 Å². The third kappa shape index (κ3) is 2.88.